The van der Waals surface area contributed by atoms with E-state index in [2.05, 4.69) is 17.9 Å². The second kappa shape index (κ2) is 8.04. The lowest BCUT2D eigenvalue weighted by Gasteiger charge is -2.25. The fourth-order valence-corrected chi connectivity index (χ4v) is 3.34. The lowest BCUT2D eigenvalue weighted by Crippen LogP contribution is -2.32. The summed E-state index contributed by atoms with van der Waals surface area (Å²) in [5.41, 5.74) is 1.72. The zero-order valence-corrected chi connectivity index (χ0v) is 14.1. The van der Waals surface area contributed by atoms with E-state index in [1.165, 1.54) is 0 Å². The van der Waals surface area contributed by atoms with Crippen LogP contribution in [0.2, 0.25) is 0 Å². The quantitative estimate of drug-likeness (QED) is 0.738. The van der Waals surface area contributed by atoms with Gasteiger partial charge >= 0.3 is 5.97 Å². The van der Waals surface area contributed by atoms with E-state index >= 15 is 0 Å². The maximum atomic E-state index is 11.1. The normalized spacial score (nSPS) is 12.0. The number of anilines is 1. The van der Waals surface area contributed by atoms with Gasteiger partial charge in [-0.25, -0.2) is 0 Å². The predicted molar refractivity (Wildman–Crippen MR) is 87.0 cm³/mol. The third-order valence-corrected chi connectivity index (χ3v) is 4.98. The van der Waals surface area contributed by atoms with Gasteiger partial charge in [0.1, 0.15) is 11.1 Å². The molecule has 116 valence electrons. The van der Waals surface area contributed by atoms with Crippen molar-refractivity contribution in [1.29, 1.82) is 5.26 Å². The van der Waals surface area contributed by atoms with Crippen molar-refractivity contribution < 1.29 is 9.90 Å². The van der Waals surface area contributed by atoms with Crippen molar-refractivity contribution in [1.82, 2.24) is 0 Å². The van der Waals surface area contributed by atoms with Crippen LogP contribution in [-0.4, -0.2) is 24.2 Å². The molecular weight excluding hydrogens is 284 g/mol. The minimum atomic E-state index is -0.793. The Hall–Kier alpha value is -1.54. The summed E-state index contributed by atoms with van der Waals surface area (Å²) in [6.07, 6.45) is 3.25. The zero-order chi connectivity index (χ0) is 16.0. The van der Waals surface area contributed by atoms with Crippen LogP contribution in [0.15, 0.2) is 0 Å². The van der Waals surface area contributed by atoms with Crippen molar-refractivity contribution in [2.75, 3.05) is 18.0 Å². The Kier molecular flexibility index (Phi) is 6.70. The Morgan fingerprint density at radius 1 is 1.43 bits per heavy atom. The largest absolute Gasteiger partial charge is 0.481 e. The highest BCUT2D eigenvalue weighted by atomic mass is 32.1. The predicted octanol–water partition coefficient (Wildman–Crippen LogP) is 3.95. The van der Waals surface area contributed by atoms with Gasteiger partial charge in [-0.1, -0.05) is 26.7 Å². The molecule has 0 aromatic carbocycles. The number of hydrogen-bond donors (Lipinski definition) is 1. The molecule has 4 nitrogen and oxygen atoms in total. The van der Waals surface area contributed by atoms with E-state index in [0.717, 1.165) is 41.2 Å². The number of thiophene rings is 1. The second-order valence-corrected chi connectivity index (χ2v) is 6.67. The summed E-state index contributed by atoms with van der Waals surface area (Å²) in [5, 5.41) is 19.5. The number of aliphatic carboxylic acids is 1. The molecule has 1 aromatic rings. The Morgan fingerprint density at radius 3 is 2.62 bits per heavy atom. The van der Waals surface area contributed by atoms with Crippen LogP contribution in [0.5, 0.6) is 0 Å². The zero-order valence-electron chi connectivity index (χ0n) is 13.3. The molecular formula is C16H24N2O2S. The molecule has 1 unspecified atom stereocenters. The molecule has 1 aromatic heterocycles. The van der Waals surface area contributed by atoms with Crippen LogP contribution in [0.3, 0.4) is 0 Å². The van der Waals surface area contributed by atoms with Crippen LogP contribution in [0.25, 0.3) is 0 Å². The summed E-state index contributed by atoms with van der Waals surface area (Å²) in [6.45, 7) is 9.08. The van der Waals surface area contributed by atoms with E-state index in [-0.39, 0.29) is 0 Å². The van der Waals surface area contributed by atoms with Gasteiger partial charge in [0.25, 0.3) is 0 Å². The summed E-state index contributed by atoms with van der Waals surface area (Å²) in [6, 6.07) is 2.28. The average Bonchev–Trinajstić information content (AvgIpc) is 2.73. The lowest BCUT2D eigenvalue weighted by molar-refractivity contribution is -0.140. The van der Waals surface area contributed by atoms with Crippen LogP contribution in [-0.2, 0) is 4.79 Å². The third kappa shape index (κ3) is 4.47. The van der Waals surface area contributed by atoms with E-state index < -0.39 is 11.9 Å². The number of carbonyl (C=O) groups is 1. The fourth-order valence-electron chi connectivity index (χ4n) is 2.20. The van der Waals surface area contributed by atoms with Gasteiger partial charge in [0, 0.05) is 18.0 Å². The number of hydrogen-bond acceptors (Lipinski definition) is 4. The number of rotatable bonds is 8. The molecule has 0 saturated carbocycles. The summed E-state index contributed by atoms with van der Waals surface area (Å²) in [4.78, 5) is 14.3. The van der Waals surface area contributed by atoms with Gasteiger partial charge in [0.05, 0.1) is 11.5 Å². The molecule has 1 heterocycles. The Bertz CT molecular complexity index is 531. The van der Waals surface area contributed by atoms with Crippen LogP contribution in [0.4, 0.5) is 5.00 Å². The number of nitriles is 1. The monoisotopic (exact) mass is 308 g/mol. The molecule has 0 amide bonds. The summed E-state index contributed by atoms with van der Waals surface area (Å²) >= 11 is 1.60. The van der Waals surface area contributed by atoms with Crippen molar-refractivity contribution >= 4 is 22.3 Å². The highest BCUT2D eigenvalue weighted by molar-refractivity contribution is 7.16. The molecule has 0 bridgehead atoms. The molecule has 1 atom stereocenters. The van der Waals surface area contributed by atoms with Gasteiger partial charge < -0.3 is 10.0 Å². The molecule has 1 N–H and O–H groups in total. The highest BCUT2D eigenvalue weighted by Crippen LogP contribution is 2.35. The molecule has 21 heavy (non-hydrogen) atoms. The van der Waals surface area contributed by atoms with Gasteiger partial charge in [-0.05, 0) is 25.8 Å². The minimum Gasteiger partial charge on any atom is -0.481 e. The van der Waals surface area contributed by atoms with E-state index in [1.54, 1.807) is 18.3 Å². The van der Waals surface area contributed by atoms with E-state index in [1.807, 2.05) is 13.8 Å². The Labute approximate surface area is 131 Å². The van der Waals surface area contributed by atoms with E-state index in [9.17, 15) is 10.1 Å². The van der Waals surface area contributed by atoms with Crippen molar-refractivity contribution in [3.63, 3.8) is 0 Å². The summed E-state index contributed by atoms with van der Waals surface area (Å²) in [5.74, 6) is -1.24. The number of unbranched alkanes of at least 4 members (excludes halogenated alkanes) is 2. The maximum Gasteiger partial charge on any atom is 0.308 e. The Balaban J connectivity index is 3.03. The smallest absolute Gasteiger partial charge is 0.308 e. The van der Waals surface area contributed by atoms with Crippen molar-refractivity contribution in [2.24, 2.45) is 5.92 Å². The van der Waals surface area contributed by atoms with Crippen molar-refractivity contribution in [2.45, 2.75) is 47.0 Å². The number of carboxylic acid groups (broad SMARTS) is 1. The van der Waals surface area contributed by atoms with Crippen LogP contribution in [0, 0.1) is 31.1 Å². The number of nitrogens with zero attached hydrogens (tertiary/aromatic N) is 2. The lowest BCUT2D eigenvalue weighted by atomic mass is 10.1. The van der Waals surface area contributed by atoms with E-state index in [4.69, 9.17) is 5.11 Å². The SMILES string of the molecule is CCCCCN(CC(C)C(=O)O)c1sc(C)c(C)c1C#N. The summed E-state index contributed by atoms with van der Waals surface area (Å²) < 4.78 is 0. The first kappa shape index (κ1) is 17.5. The summed E-state index contributed by atoms with van der Waals surface area (Å²) in [7, 11) is 0. The fraction of sp³-hybridized carbons (Fsp3) is 0.625. The highest BCUT2D eigenvalue weighted by Gasteiger charge is 2.22. The van der Waals surface area contributed by atoms with Gasteiger partial charge in [-0.3, -0.25) is 4.79 Å². The first-order valence-electron chi connectivity index (χ1n) is 7.40. The van der Waals surface area contributed by atoms with Crippen LogP contribution >= 0.6 is 11.3 Å². The molecule has 1 rings (SSSR count). The van der Waals surface area contributed by atoms with Crippen molar-refractivity contribution in [3.8, 4) is 6.07 Å². The van der Waals surface area contributed by atoms with Gasteiger partial charge in [0.15, 0.2) is 0 Å². The molecule has 0 saturated heterocycles. The first-order chi connectivity index (χ1) is 9.92. The molecule has 0 radical (unpaired) electrons. The van der Waals surface area contributed by atoms with Crippen LogP contribution in [0.1, 0.15) is 49.1 Å². The molecule has 0 spiro atoms. The average molecular weight is 308 g/mol. The maximum absolute atomic E-state index is 11.1. The molecule has 0 aliphatic heterocycles. The molecule has 0 aliphatic carbocycles. The molecule has 5 heteroatoms. The first-order valence-corrected chi connectivity index (χ1v) is 8.21. The van der Waals surface area contributed by atoms with Gasteiger partial charge in [-0.2, -0.15) is 5.26 Å². The number of carboxylic acids is 1. The molecule has 0 aliphatic rings. The van der Waals surface area contributed by atoms with Crippen molar-refractivity contribution in [3.05, 3.63) is 16.0 Å². The second-order valence-electron chi connectivity index (χ2n) is 5.47. The van der Waals surface area contributed by atoms with Gasteiger partial charge in [-0.15, -0.1) is 11.3 Å². The van der Waals surface area contributed by atoms with Gasteiger partial charge in [0.2, 0.25) is 0 Å². The van der Waals surface area contributed by atoms with Crippen LogP contribution < -0.4 is 4.90 Å². The third-order valence-electron chi connectivity index (χ3n) is 3.71. The topological polar surface area (TPSA) is 64.3 Å². The molecule has 0 fully saturated rings. The Morgan fingerprint density at radius 2 is 2.10 bits per heavy atom. The minimum absolute atomic E-state index is 0.444. The number of aryl methyl sites for hydroxylation is 1. The van der Waals surface area contributed by atoms with E-state index in [0.29, 0.717) is 12.1 Å². The standard InChI is InChI=1S/C16H24N2O2S/c1-5-6-7-8-18(10-11(2)16(19)20)15-14(9-17)12(3)13(4)21-15/h11H,5-8,10H2,1-4H3,(H,19,20).